The highest BCUT2D eigenvalue weighted by Crippen LogP contribution is 2.07. The molecule has 0 aliphatic heterocycles. The molecule has 0 aliphatic carbocycles. The Hall–Kier alpha value is -0.610. The summed E-state index contributed by atoms with van der Waals surface area (Å²) in [7, 11) is 0. The number of hydrogen-bond donors (Lipinski definition) is 3. The first kappa shape index (κ1) is 13.4. The van der Waals surface area contributed by atoms with Crippen molar-refractivity contribution in [1.29, 1.82) is 0 Å². The molecule has 0 rings (SSSR count). The summed E-state index contributed by atoms with van der Waals surface area (Å²) in [4.78, 5) is 10.6. The van der Waals surface area contributed by atoms with Crippen molar-refractivity contribution < 1.29 is 4.79 Å². The number of hydrogen-bond acceptors (Lipinski definition) is 3. The van der Waals surface area contributed by atoms with E-state index in [9.17, 15) is 4.79 Å². The lowest BCUT2D eigenvalue weighted by Gasteiger charge is -2.15. The van der Waals surface area contributed by atoms with Gasteiger partial charge in [0, 0.05) is 18.5 Å². The highest BCUT2D eigenvalue weighted by Gasteiger charge is 2.11. The molecule has 84 valence electrons. The van der Waals surface area contributed by atoms with Gasteiger partial charge in [-0.05, 0) is 12.8 Å². The average Bonchev–Trinajstić information content (AvgIpc) is 2.02. The summed E-state index contributed by atoms with van der Waals surface area (Å²) in [6.07, 6.45) is 5.45. The van der Waals surface area contributed by atoms with Gasteiger partial charge in [-0.1, -0.05) is 26.2 Å². The van der Waals surface area contributed by atoms with E-state index in [1.165, 1.54) is 12.8 Å². The van der Waals surface area contributed by atoms with Crippen LogP contribution in [0, 0.1) is 0 Å². The van der Waals surface area contributed by atoms with Gasteiger partial charge in [0.25, 0.3) is 0 Å². The molecule has 6 N–H and O–H groups in total. The molecule has 0 aromatic heterocycles. The highest BCUT2D eigenvalue weighted by molar-refractivity contribution is 5.74. The van der Waals surface area contributed by atoms with E-state index in [-0.39, 0.29) is 24.4 Å². The van der Waals surface area contributed by atoms with E-state index < -0.39 is 0 Å². The molecular weight excluding hydrogens is 178 g/mol. The second kappa shape index (κ2) is 7.76. The molecule has 14 heavy (non-hydrogen) atoms. The molecule has 0 aromatic carbocycles. The van der Waals surface area contributed by atoms with Crippen molar-refractivity contribution >= 4 is 5.91 Å². The summed E-state index contributed by atoms with van der Waals surface area (Å²) in [5.74, 6) is -0.349. The van der Waals surface area contributed by atoms with Crippen LogP contribution in [0.5, 0.6) is 0 Å². The molecule has 1 amide bonds. The Kier molecular flexibility index (Phi) is 7.42. The van der Waals surface area contributed by atoms with Crippen molar-refractivity contribution in [2.24, 2.45) is 17.2 Å². The maximum Gasteiger partial charge on any atom is 0.218 e. The third kappa shape index (κ3) is 8.01. The molecule has 0 radical (unpaired) electrons. The van der Waals surface area contributed by atoms with E-state index in [2.05, 4.69) is 6.92 Å². The first-order valence-electron chi connectivity index (χ1n) is 5.35. The van der Waals surface area contributed by atoms with Crippen LogP contribution in [0.2, 0.25) is 0 Å². The zero-order chi connectivity index (χ0) is 11.0. The number of unbranched alkanes of at least 4 members (excludes halogenated alkanes) is 2. The lowest BCUT2D eigenvalue weighted by Crippen LogP contribution is -2.34. The molecular formula is C10H23N3O. The van der Waals surface area contributed by atoms with Crippen LogP contribution in [0.1, 0.15) is 45.4 Å². The van der Waals surface area contributed by atoms with Crippen molar-refractivity contribution in [1.82, 2.24) is 0 Å². The molecule has 4 nitrogen and oxygen atoms in total. The second-order valence-corrected chi connectivity index (χ2v) is 3.92. The number of nitrogens with two attached hydrogens (primary N) is 3. The molecule has 0 saturated heterocycles. The minimum Gasteiger partial charge on any atom is -0.370 e. The molecule has 0 aromatic rings. The van der Waals surface area contributed by atoms with Crippen LogP contribution in [0.15, 0.2) is 0 Å². The summed E-state index contributed by atoms with van der Waals surface area (Å²) in [6.45, 7) is 2.16. The monoisotopic (exact) mass is 201 g/mol. The van der Waals surface area contributed by atoms with Gasteiger partial charge in [-0.15, -0.1) is 0 Å². The van der Waals surface area contributed by atoms with E-state index in [0.29, 0.717) is 6.42 Å². The van der Waals surface area contributed by atoms with Gasteiger partial charge in [0.15, 0.2) is 0 Å². The standard InChI is InChI=1S/C10H23N3O/c1-2-3-4-5-8(11)6-9(12)7-10(13)14/h8-9H,2-7,11-12H2,1H3,(H2,13,14). The fraction of sp³-hybridized carbons (Fsp3) is 0.900. The van der Waals surface area contributed by atoms with Crippen LogP contribution in [0.4, 0.5) is 0 Å². The maximum atomic E-state index is 10.6. The Morgan fingerprint density at radius 2 is 1.86 bits per heavy atom. The van der Waals surface area contributed by atoms with Crippen LogP contribution >= 0.6 is 0 Å². The first-order valence-corrected chi connectivity index (χ1v) is 5.35. The Morgan fingerprint density at radius 1 is 1.21 bits per heavy atom. The first-order chi connectivity index (χ1) is 6.56. The summed E-state index contributed by atoms with van der Waals surface area (Å²) in [5, 5.41) is 0. The Labute approximate surface area is 86.2 Å². The molecule has 2 unspecified atom stereocenters. The second-order valence-electron chi connectivity index (χ2n) is 3.92. The lowest BCUT2D eigenvalue weighted by molar-refractivity contribution is -0.118. The van der Waals surface area contributed by atoms with Gasteiger partial charge in [0.05, 0.1) is 0 Å². The summed E-state index contributed by atoms with van der Waals surface area (Å²) >= 11 is 0. The molecule has 0 bridgehead atoms. The van der Waals surface area contributed by atoms with Gasteiger partial charge >= 0.3 is 0 Å². The van der Waals surface area contributed by atoms with Gasteiger partial charge < -0.3 is 17.2 Å². The normalized spacial score (nSPS) is 15.1. The van der Waals surface area contributed by atoms with Crippen molar-refractivity contribution in [3.05, 3.63) is 0 Å². The van der Waals surface area contributed by atoms with E-state index in [0.717, 1.165) is 12.8 Å². The van der Waals surface area contributed by atoms with Gasteiger partial charge in [0.1, 0.15) is 0 Å². The fourth-order valence-electron chi connectivity index (χ4n) is 1.50. The zero-order valence-corrected chi connectivity index (χ0v) is 9.04. The largest absolute Gasteiger partial charge is 0.370 e. The van der Waals surface area contributed by atoms with E-state index >= 15 is 0 Å². The predicted octanol–water partition coefficient (Wildman–Crippen LogP) is 0.487. The van der Waals surface area contributed by atoms with Crippen molar-refractivity contribution in [2.75, 3.05) is 0 Å². The van der Waals surface area contributed by atoms with Crippen LogP contribution in [-0.4, -0.2) is 18.0 Å². The summed E-state index contributed by atoms with van der Waals surface area (Å²) in [5.41, 5.74) is 16.6. The molecule has 4 heteroatoms. The number of amides is 1. The number of carbonyl (C=O) groups is 1. The Morgan fingerprint density at radius 3 is 2.36 bits per heavy atom. The van der Waals surface area contributed by atoms with Crippen LogP contribution in [0.3, 0.4) is 0 Å². The fourth-order valence-corrected chi connectivity index (χ4v) is 1.50. The van der Waals surface area contributed by atoms with Gasteiger partial charge in [-0.25, -0.2) is 0 Å². The van der Waals surface area contributed by atoms with Gasteiger partial charge in [-0.2, -0.15) is 0 Å². The third-order valence-corrected chi connectivity index (χ3v) is 2.25. The van der Waals surface area contributed by atoms with Crippen molar-refractivity contribution in [3.63, 3.8) is 0 Å². The Bertz CT molecular complexity index is 161. The molecule has 0 fully saturated rings. The van der Waals surface area contributed by atoms with E-state index in [1.807, 2.05) is 0 Å². The highest BCUT2D eigenvalue weighted by atomic mass is 16.1. The molecule has 0 saturated carbocycles. The smallest absolute Gasteiger partial charge is 0.218 e. The van der Waals surface area contributed by atoms with Gasteiger partial charge in [0.2, 0.25) is 5.91 Å². The van der Waals surface area contributed by atoms with Crippen LogP contribution in [-0.2, 0) is 4.79 Å². The van der Waals surface area contributed by atoms with Crippen LogP contribution in [0.25, 0.3) is 0 Å². The number of rotatable bonds is 8. The van der Waals surface area contributed by atoms with Crippen molar-refractivity contribution in [2.45, 2.75) is 57.5 Å². The summed E-state index contributed by atoms with van der Waals surface area (Å²) in [6, 6.07) is -0.0694. The van der Waals surface area contributed by atoms with Crippen molar-refractivity contribution in [3.8, 4) is 0 Å². The van der Waals surface area contributed by atoms with Gasteiger partial charge in [-0.3, -0.25) is 4.79 Å². The van der Waals surface area contributed by atoms with E-state index in [1.54, 1.807) is 0 Å². The minimum atomic E-state index is -0.349. The average molecular weight is 201 g/mol. The topological polar surface area (TPSA) is 95.1 Å². The Balaban J connectivity index is 3.49. The zero-order valence-electron chi connectivity index (χ0n) is 9.04. The number of primary amides is 1. The molecule has 2 atom stereocenters. The third-order valence-electron chi connectivity index (χ3n) is 2.25. The van der Waals surface area contributed by atoms with E-state index in [4.69, 9.17) is 17.2 Å². The number of carbonyl (C=O) groups excluding carboxylic acids is 1. The molecule has 0 spiro atoms. The quantitative estimate of drug-likeness (QED) is 0.499. The minimum absolute atomic E-state index is 0.107. The van der Waals surface area contributed by atoms with Crippen LogP contribution < -0.4 is 17.2 Å². The molecule has 0 aliphatic rings. The SMILES string of the molecule is CCCCCC(N)CC(N)CC(N)=O. The summed E-state index contributed by atoms with van der Waals surface area (Å²) < 4.78 is 0. The predicted molar refractivity (Wildman–Crippen MR) is 58.5 cm³/mol. The lowest BCUT2D eigenvalue weighted by atomic mass is 10.0. The molecule has 0 heterocycles. The maximum absolute atomic E-state index is 10.6.